The van der Waals surface area contributed by atoms with Gasteiger partial charge in [0.15, 0.2) is 0 Å². The predicted octanol–water partition coefficient (Wildman–Crippen LogP) is 1.44. The van der Waals surface area contributed by atoms with E-state index in [9.17, 15) is 9.90 Å². The van der Waals surface area contributed by atoms with Crippen LogP contribution in [0.3, 0.4) is 0 Å². The summed E-state index contributed by atoms with van der Waals surface area (Å²) in [5.74, 6) is -0.319. The lowest BCUT2D eigenvalue weighted by atomic mass is 10.2. The number of halogens is 1. The van der Waals surface area contributed by atoms with E-state index in [0.29, 0.717) is 5.69 Å². The number of amides is 1. The van der Waals surface area contributed by atoms with E-state index in [4.69, 9.17) is 5.73 Å². The van der Waals surface area contributed by atoms with Crippen LogP contribution in [0.2, 0.25) is 0 Å². The number of phenolic OH excluding ortho intramolecular Hbond substituents is 1. The van der Waals surface area contributed by atoms with Crippen LogP contribution in [0.15, 0.2) is 22.7 Å². The summed E-state index contributed by atoms with van der Waals surface area (Å²) in [6, 6.07) is 4.17. The smallest absolute Gasteiger partial charge is 0.241 e. The van der Waals surface area contributed by atoms with E-state index >= 15 is 0 Å². The maximum atomic E-state index is 11.2. The number of rotatable bonds is 2. The monoisotopic (exact) mass is 258 g/mol. The van der Waals surface area contributed by atoms with Gasteiger partial charge in [-0.25, -0.2) is 0 Å². The van der Waals surface area contributed by atoms with Crippen LogP contribution < -0.4 is 11.1 Å². The molecule has 0 saturated heterocycles. The molecule has 0 saturated carbocycles. The van der Waals surface area contributed by atoms with Crippen LogP contribution in [0.1, 0.15) is 6.92 Å². The Labute approximate surface area is 90.2 Å². The molecular weight excluding hydrogens is 248 g/mol. The number of hydrogen-bond donors (Lipinski definition) is 3. The summed E-state index contributed by atoms with van der Waals surface area (Å²) in [5.41, 5.74) is 5.72. The van der Waals surface area contributed by atoms with Gasteiger partial charge < -0.3 is 16.2 Å². The fraction of sp³-hybridized carbons (Fsp3) is 0.222. The lowest BCUT2D eigenvalue weighted by Gasteiger charge is -2.09. The first-order chi connectivity index (χ1) is 6.50. The minimum absolute atomic E-state index is 0.0159. The second-order valence-corrected chi connectivity index (χ2v) is 3.86. The van der Waals surface area contributed by atoms with Crippen molar-refractivity contribution in [2.75, 3.05) is 5.32 Å². The Morgan fingerprint density at radius 1 is 1.64 bits per heavy atom. The van der Waals surface area contributed by atoms with Gasteiger partial charge in [-0.05, 0) is 25.1 Å². The van der Waals surface area contributed by atoms with Crippen molar-refractivity contribution in [1.29, 1.82) is 0 Å². The van der Waals surface area contributed by atoms with Crippen molar-refractivity contribution >= 4 is 27.5 Å². The van der Waals surface area contributed by atoms with Crippen molar-refractivity contribution in [3.8, 4) is 5.75 Å². The second-order valence-electron chi connectivity index (χ2n) is 2.94. The molecule has 76 valence electrons. The van der Waals surface area contributed by atoms with Crippen LogP contribution in [0.5, 0.6) is 5.75 Å². The van der Waals surface area contributed by atoms with E-state index in [1.165, 1.54) is 6.07 Å². The van der Waals surface area contributed by atoms with Gasteiger partial charge in [0.2, 0.25) is 5.91 Å². The number of anilines is 1. The summed E-state index contributed by atoms with van der Waals surface area (Å²) >= 11 is 3.23. The average Bonchev–Trinajstić information content (AvgIpc) is 2.11. The van der Waals surface area contributed by atoms with Gasteiger partial charge in [0.1, 0.15) is 5.75 Å². The van der Waals surface area contributed by atoms with Crippen LogP contribution in [0.4, 0.5) is 5.69 Å². The van der Waals surface area contributed by atoms with E-state index in [2.05, 4.69) is 21.2 Å². The number of carbonyl (C=O) groups is 1. The zero-order chi connectivity index (χ0) is 10.7. The standard InChI is InChI=1S/C9H11BrN2O2/c1-5(11)9(14)12-7-4-6(10)2-3-8(7)13/h2-5,13H,11H2,1H3,(H,12,14). The highest BCUT2D eigenvalue weighted by Gasteiger charge is 2.10. The third kappa shape index (κ3) is 2.71. The first kappa shape index (κ1) is 11.0. The third-order valence-electron chi connectivity index (χ3n) is 1.63. The number of aromatic hydroxyl groups is 1. The molecule has 1 atom stereocenters. The number of benzene rings is 1. The minimum atomic E-state index is -0.603. The van der Waals surface area contributed by atoms with Gasteiger partial charge in [-0.15, -0.1) is 0 Å². The Balaban J connectivity index is 2.86. The fourth-order valence-corrected chi connectivity index (χ4v) is 1.22. The minimum Gasteiger partial charge on any atom is -0.506 e. The first-order valence-corrected chi connectivity index (χ1v) is 4.85. The summed E-state index contributed by atoms with van der Waals surface area (Å²) in [6.07, 6.45) is 0. The molecule has 1 amide bonds. The third-order valence-corrected chi connectivity index (χ3v) is 2.12. The fourth-order valence-electron chi connectivity index (χ4n) is 0.855. The maximum absolute atomic E-state index is 11.2. The van der Waals surface area contributed by atoms with Crippen LogP contribution in [0, 0.1) is 0 Å². The molecule has 0 fully saturated rings. The SMILES string of the molecule is CC(N)C(=O)Nc1cc(Br)ccc1O. The summed E-state index contributed by atoms with van der Waals surface area (Å²) < 4.78 is 0.773. The van der Waals surface area contributed by atoms with Crippen LogP contribution in [0.25, 0.3) is 0 Å². The lowest BCUT2D eigenvalue weighted by Crippen LogP contribution is -2.32. The highest BCUT2D eigenvalue weighted by atomic mass is 79.9. The van der Waals surface area contributed by atoms with E-state index in [0.717, 1.165) is 4.47 Å². The van der Waals surface area contributed by atoms with Gasteiger partial charge in [-0.1, -0.05) is 15.9 Å². The number of carbonyl (C=O) groups excluding carboxylic acids is 1. The molecule has 0 aliphatic heterocycles. The summed E-state index contributed by atoms with van der Waals surface area (Å²) in [5, 5.41) is 11.9. The van der Waals surface area contributed by atoms with Gasteiger partial charge in [0.25, 0.3) is 0 Å². The number of phenols is 1. The van der Waals surface area contributed by atoms with E-state index in [1.807, 2.05) is 0 Å². The number of nitrogens with two attached hydrogens (primary N) is 1. The van der Waals surface area contributed by atoms with Crippen molar-refractivity contribution in [2.24, 2.45) is 5.73 Å². The van der Waals surface area contributed by atoms with Crippen molar-refractivity contribution < 1.29 is 9.90 Å². The van der Waals surface area contributed by atoms with Gasteiger partial charge in [0.05, 0.1) is 11.7 Å². The Morgan fingerprint density at radius 3 is 2.86 bits per heavy atom. The topological polar surface area (TPSA) is 75.4 Å². The molecule has 0 aromatic heterocycles. The largest absolute Gasteiger partial charge is 0.506 e. The summed E-state index contributed by atoms with van der Waals surface area (Å²) in [4.78, 5) is 11.2. The van der Waals surface area contributed by atoms with Crippen molar-refractivity contribution in [2.45, 2.75) is 13.0 Å². The Morgan fingerprint density at radius 2 is 2.29 bits per heavy atom. The zero-order valence-corrected chi connectivity index (χ0v) is 9.21. The maximum Gasteiger partial charge on any atom is 0.241 e. The van der Waals surface area contributed by atoms with Crippen molar-refractivity contribution in [1.82, 2.24) is 0 Å². The molecule has 1 unspecified atom stereocenters. The van der Waals surface area contributed by atoms with Gasteiger partial charge in [-0.3, -0.25) is 4.79 Å². The van der Waals surface area contributed by atoms with Gasteiger partial charge >= 0.3 is 0 Å². The molecule has 0 bridgehead atoms. The summed E-state index contributed by atoms with van der Waals surface area (Å²) in [6.45, 7) is 1.57. The molecular formula is C9H11BrN2O2. The zero-order valence-electron chi connectivity index (χ0n) is 7.62. The normalized spacial score (nSPS) is 12.2. The highest BCUT2D eigenvalue weighted by molar-refractivity contribution is 9.10. The van der Waals surface area contributed by atoms with Crippen molar-refractivity contribution in [3.05, 3.63) is 22.7 Å². The highest BCUT2D eigenvalue weighted by Crippen LogP contribution is 2.26. The van der Waals surface area contributed by atoms with E-state index < -0.39 is 6.04 Å². The van der Waals surface area contributed by atoms with Crippen LogP contribution in [-0.4, -0.2) is 17.1 Å². The van der Waals surface area contributed by atoms with Crippen molar-refractivity contribution in [3.63, 3.8) is 0 Å². The molecule has 0 aliphatic rings. The molecule has 1 aromatic carbocycles. The quantitative estimate of drug-likeness (QED) is 0.703. The summed E-state index contributed by atoms with van der Waals surface area (Å²) in [7, 11) is 0. The second kappa shape index (κ2) is 4.43. The number of hydrogen-bond acceptors (Lipinski definition) is 3. The lowest BCUT2D eigenvalue weighted by molar-refractivity contribution is -0.117. The molecule has 4 N–H and O–H groups in total. The molecule has 0 spiro atoms. The van der Waals surface area contributed by atoms with Crippen LogP contribution in [-0.2, 0) is 4.79 Å². The molecule has 0 heterocycles. The molecule has 0 aliphatic carbocycles. The number of nitrogens with one attached hydrogen (secondary N) is 1. The Kier molecular flexibility index (Phi) is 3.49. The molecule has 4 nitrogen and oxygen atoms in total. The first-order valence-electron chi connectivity index (χ1n) is 4.05. The predicted molar refractivity (Wildman–Crippen MR) is 58.1 cm³/mol. The van der Waals surface area contributed by atoms with E-state index in [-0.39, 0.29) is 11.7 Å². The van der Waals surface area contributed by atoms with Gasteiger partial charge in [-0.2, -0.15) is 0 Å². The van der Waals surface area contributed by atoms with E-state index in [1.54, 1.807) is 19.1 Å². The molecule has 0 radical (unpaired) electrons. The average molecular weight is 259 g/mol. The van der Waals surface area contributed by atoms with Crippen LogP contribution >= 0.6 is 15.9 Å². The van der Waals surface area contributed by atoms with Gasteiger partial charge in [0, 0.05) is 4.47 Å². The Bertz CT molecular complexity index is 353. The molecule has 1 rings (SSSR count). The Hall–Kier alpha value is -1.07. The molecule has 14 heavy (non-hydrogen) atoms. The molecule has 5 heteroatoms. The molecule has 1 aromatic rings.